The van der Waals surface area contributed by atoms with E-state index in [1.807, 2.05) is 24.1 Å². The van der Waals surface area contributed by atoms with Crippen LogP contribution in [0.1, 0.15) is 39.5 Å². The first-order chi connectivity index (χ1) is 18.7. The number of nitrogens with one attached hydrogen (secondary N) is 1. The summed E-state index contributed by atoms with van der Waals surface area (Å²) in [5, 5.41) is 6.86. The maximum Gasteiger partial charge on any atom is 0.419 e. The summed E-state index contributed by atoms with van der Waals surface area (Å²) in [6, 6.07) is 3.37. The second-order valence-electron chi connectivity index (χ2n) is 9.51. The molecule has 0 aromatic carbocycles. The summed E-state index contributed by atoms with van der Waals surface area (Å²) >= 11 is 3.08. The average Bonchev–Trinajstić information content (AvgIpc) is 3.58. The van der Waals surface area contributed by atoms with Crippen molar-refractivity contribution in [3.05, 3.63) is 57.9 Å². The van der Waals surface area contributed by atoms with Crippen LogP contribution >= 0.6 is 22.7 Å². The van der Waals surface area contributed by atoms with Gasteiger partial charge in [-0.25, -0.2) is 24.9 Å². The number of piperazine rings is 1. The largest absolute Gasteiger partial charge is 0.419 e. The molecule has 0 saturated carbocycles. The van der Waals surface area contributed by atoms with Gasteiger partial charge in [0, 0.05) is 49.1 Å². The minimum Gasteiger partial charge on any atom is -0.334 e. The SMILES string of the molecule is Cc1nc(C)c(-c2csc(Nc3ccc(C(=O)N4C[C@H]5CC[C@H](C4)N5c4ncc(C(F)(F)F)cn4)cn3)n2)s1. The molecule has 1 amide bonds. The zero-order valence-electron chi connectivity index (χ0n) is 20.9. The number of carbonyl (C=O) groups excluding carboxylic acids is 1. The maximum atomic E-state index is 13.3. The number of hydrogen-bond acceptors (Lipinski definition) is 10. The molecule has 0 spiro atoms. The Labute approximate surface area is 229 Å². The van der Waals surface area contributed by atoms with Crippen LogP contribution in [0, 0.1) is 13.8 Å². The lowest BCUT2D eigenvalue weighted by atomic mass is 10.1. The van der Waals surface area contributed by atoms with Crippen molar-refractivity contribution < 1.29 is 18.0 Å². The first-order valence-electron chi connectivity index (χ1n) is 12.3. The fourth-order valence-electron chi connectivity index (χ4n) is 5.09. The van der Waals surface area contributed by atoms with Gasteiger partial charge in [0.05, 0.1) is 32.4 Å². The molecule has 4 aromatic rings. The van der Waals surface area contributed by atoms with E-state index in [4.69, 9.17) is 0 Å². The number of rotatable bonds is 5. The van der Waals surface area contributed by atoms with Crippen molar-refractivity contribution in [3.63, 3.8) is 0 Å². The number of anilines is 3. The van der Waals surface area contributed by atoms with E-state index < -0.39 is 11.7 Å². The summed E-state index contributed by atoms with van der Waals surface area (Å²) in [5.74, 6) is 0.714. The average molecular weight is 573 g/mol. The van der Waals surface area contributed by atoms with Crippen molar-refractivity contribution in [1.82, 2.24) is 29.8 Å². The Hall–Kier alpha value is -3.65. The third-order valence-electron chi connectivity index (χ3n) is 6.85. The Balaban J connectivity index is 1.10. The molecule has 39 heavy (non-hydrogen) atoms. The van der Waals surface area contributed by atoms with E-state index in [9.17, 15) is 18.0 Å². The first kappa shape index (κ1) is 25.6. The van der Waals surface area contributed by atoms with Crippen molar-refractivity contribution in [1.29, 1.82) is 0 Å². The van der Waals surface area contributed by atoms with Crippen LogP contribution < -0.4 is 10.2 Å². The molecule has 6 heterocycles. The quantitative estimate of drug-likeness (QED) is 0.343. The number of aromatic nitrogens is 5. The number of amides is 1. The Morgan fingerprint density at radius 1 is 1.03 bits per heavy atom. The van der Waals surface area contributed by atoms with Gasteiger partial charge in [-0.05, 0) is 38.8 Å². The highest BCUT2D eigenvalue weighted by Gasteiger charge is 2.43. The van der Waals surface area contributed by atoms with E-state index in [0.717, 1.165) is 46.5 Å². The monoisotopic (exact) mass is 572 g/mol. The Kier molecular flexibility index (Phi) is 6.46. The first-order valence-corrected chi connectivity index (χ1v) is 13.9. The van der Waals surface area contributed by atoms with E-state index in [1.54, 1.807) is 34.6 Å². The number of pyridine rings is 1. The molecule has 14 heteroatoms. The lowest BCUT2D eigenvalue weighted by molar-refractivity contribution is -0.138. The third-order valence-corrected chi connectivity index (χ3v) is 8.70. The molecule has 2 aliphatic rings. The number of halogens is 3. The van der Waals surface area contributed by atoms with Gasteiger partial charge in [-0.15, -0.1) is 22.7 Å². The summed E-state index contributed by atoms with van der Waals surface area (Å²) in [6.07, 6.45) is 0.323. The molecular weight excluding hydrogens is 549 g/mol. The molecular formula is C25H23F3N8OS2. The highest BCUT2D eigenvalue weighted by atomic mass is 32.1. The van der Waals surface area contributed by atoms with Crippen LogP contribution in [0.2, 0.25) is 0 Å². The van der Waals surface area contributed by atoms with E-state index in [1.165, 1.54) is 11.3 Å². The molecule has 2 aliphatic heterocycles. The number of hydrogen-bond donors (Lipinski definition) is 1. The van der Waals surface area contributed by atoms with Crippen LogP contribution in [0.5, 0.6) is 0 Å². The summed E-state index contributed by atoms with van der Waals surface area (Å²) in [6.45, 7) is 4.82. The smallest absolute Gasteiger partial charge is 0.334 e. The van der Waals surface area contributed by atoms with E-state index >= 15 is 0 Å². The molecule has 0 radical (unpaired) electrons. The normalized spacial score (nSPS) is 19.0. The van der Waals surface area contributed by atoms with E-state index in [2.05, 4.69) is 30.2 Å². The standard InChI is InChI=1S/C25H23F3N8OS2/c1-13-21(39-14(2)32-13)19-12-38-24(33-19)34-20-6-3-15(7-29-20)22(37)35-10-17-4-5-18(11-35)36(17)23-30-8-16(9-31-23)25(26,27)28/h3,6-9,12,17-18H,4-5,10-11H2,1-2H3,(H,29,33,34)/t17-,18-/m1/s1. The lowest BCUT2D eigenvalue weighted by Gasteiger charge is -2.41. The van der Waals surface area contributed by atoms with Crippen molar-refractivity contribution in [3.8, 4) is 10.6 Å². The van der Waals surface area contributed by atoms with Gasteiger partial charge in [-0.2, -0.15) is 13.2 Å². The van der Waals surface area contributed by atoms with Crippen molar-refractivity contribution in [2.45, 2.75) is 44.9 Å². The number of likely N-dealkylation sites (tertiary alicyclic amines) is 1. The highest BCUT2D eigenvalue weighted by molar-refractivity contribution is 7.16. The molecule has 2 fully saturated rings. The Morgan fingerprint density at radius 2 is 1.74 bits per heavy atom. The van der Waals surface area contributed by atoms with E-state index in [-0.39, 0.29) is 23.9 Å². The van der Waals surface area contributed by atoms with Crippen LogP contribution in [-0.2, 0) is 6.18 Å². The molecule has 2 bridgehead atoms. The van der Waals surface area contributed by atoms with Crippen molar-refractivity contribution in [2.24, 2.45) is 0 Å². The number of fused-ring (bicyclic) bond motifs is 2. The van der Waals surface area contributed by atoms with Gasteiger partial charge in [0.25, 0.3) is 5.91 Å². The van der Waals surface area contributed by atoms with E-state index in [0.29, 0.717) is 29.6 Å². The van der Waals surface area contributed by atoms with Crippen LogP contribution in [0.15, 0.2) is 36.1 Å². The van der Waals surface area contributed by atoms with Gasteiger partial charge in [-0.1, -0.05) is 0 Å². The predicted octanol–water partition coefficient (Wildman–Crippen LogP) is 5.32. The Bertz CT molecular complexity index is 1490. The van der Waals surface area contributed by atoms with Gasteiger partial charge in [0.2, 0.25) is 5.95 Å². The van der Waals surface area contributed by atoms with Crippen LogP contribution in [0.25, 0.3) is 10.6 Å². The summed E-state index contributed by atoms with van der Waals surface area (Å²) in [7, 11) is 0. The fraction of sp³-hybridized carbons (Fsp3) is 0.360. The predicted molar refractivity (Wildman–Crippen MR) is 142 cm³/mol. The maximum absolute atomic E-state index is 13.3. The zero-order chi connectivity index (χ0) is 27.3. The number of nitrogens with zero attached hydrogens (tertiary/aromatic N) is 7. The van der Waals surface area contributed by atoms with Crippen molar-refractivity contribution in [2.75, 3.05) is 23.3 Å². The van der Waals surface area contributed by atoms with Crippen molar-refractivity contribution >= 4 is 45.5 Å². The van der Waals surface area contributed by atoms with Gasteiger partial charge >= 0.3 is 6.18 Å². The second-order valence-corrected chi connectivity index (χ2v) is 11.6. The number of aryl methyl sites for hydroxylation is 2. The van der Waals surface area contributed by atoms with Crippen LogP contribution in [-0.4, -0.2) is 60.9 Å². The molecule has 4 aromatic heterocycles. The number of carbonyl (C=O) groups is 1. The van der Waals surface area contributed by atoms with Gasteiger partial charge in [0.15, 0.2) is 5.13 Å². The molecule has 9 nitrogen and oxygen atoms in total. The Morgan fingerprint density at radius 3 is 2.33 bits per heavy atom. The summed E-state index contributed by atoms with van der Waals surface area (Å²) < 4.78 is 38.7. The highest BCUT2D eigenvalue weighted by Crippen LogP contribution is 2.35. The minimum atomic E-state index is -4.48. The lowest BCUT2D eigenvalue weighted by Crippen LogP contribution is -2.56. The zero-order valence-corrected chi connectivity index (χ0v) is 22.6. The van der Waals surface area contributed by atoms with Gasteiger partial charge < -0.3 is 15.1 Å². The minimum absolute atomic E-state index is 0.0524. The molecule has 2 atom stereocenters. The topological polar surface area (TPSA) is 100 Å². The number of alkyl halides is 3. The molecule has 2 saturated heterocycles. The van der Waals surface area contributed by atoms with Gasteiger partial charge in [-0.3, -0.25) is 4.79 Å². The van der Waals surface area contributed by atoms with Crippen LogP contribution in [0.4, 0.5) is 30.1 Å². The number of thiazole rings is 2. The van der Waals surface area contributed by atoms with Gasteiger partial charge in [0.1, 0.15) is 5.82 Å². The summed E-state index contributed by atoms with van der Waals surface area (Å²) in [5.41, 5.74) is 1.41. The molecule has 202 valence electrons. The second kappa shape index (κ2) is 9.83. The molecule has 0 unspecified atom stereocenters. The molecule has 6 rings (SSSR count). The molecule has 1 N–H and O–H groups in total. The fourth-order valence-corrected chi connectivity index (χ4v) is 6.75. The van der Waals surface area contributed by atoms with Crippen LogP contribution in [0.3, 0.4) is 0 Å². The third kappa shape index (κ3) is 5.05. The molecule has 0 aliphatic carbocycles. The summed E-state index contributed by atoms with van der Waals surface area (Å²) in [4.78, 5) is 39.5.